The average molecular weight is 357 g/mol. The molecular formula is C18H19N3O3S. The predicted molar refractivity (Wildman–Crippen MR) is 95.7 cm³/mol. The normalized spacial score (nSPS) is 12.8. The molecule has 130 valence electrons. The molecule has 0 fully saturated rings. The van der Waals surface area contributed by atoms with Gasteiger partial charge in [0, 0.05) is 23.6 Å². The summed E-state index contributed by atoms with van der Waals surface area (Å²) in [5, 5.41) is 0.536. The van der Waals surface area contributed by atoms with E-state index in [4.69, 9.17) is 4.74 Å². The van der Waals surface area contributed by atoms with Crippen LogP contribution in [0.2, 0.25) is 0 Å². The van der Waals surface area contributed by atoms with E-state index >= 15 is 0 Å². The minimum Gasteiger partial charge on any atom is -0.455 e. The maximum atomic E-state index is 12.3. The second kappa shape index (κ2) is 7.65. The number of rotatable bonds is 5. The van der Waals surface area contributed by atoms with Crippen LogP contribution in [0.5, 0.6) is 0 Å². The van der Waals surface area contributed by atoms with Crippen LogP contribution in [0.25, 0.3) is 0 Å². The van der Waals surface area contributed by atoms with Crippen molar-refractivity contribution in [2.24, 2.45) is 0 Å². The molecule has 1 aromatic heterocycles. The summed E-state index contributed by atoms with van der Waals surface area (Å²) in [7, 11) is 0. The van der Waals surface area contributed by atoms with E-state index in [1.54, 1.807) is 4.90 Å². The van der Waals surface area contributed by atoms with Crippen molar-refractivity contribution in [1.29, 1.82) is 0 Å². The number of carbonyl (C=O) groups excluding carboxylic acids is 2. The van der Waals surface area contributed by atoms with Crippen LogP contribution in [0.3, 0.4) is 0 Å². The topological polar surface area (TPSA) is 72.4 Å². The molecule has 1 aliphatic heterocycles. The molecule has 0 unspecified atom stereocenters. The van der Waals surface area contributed by atoms with Crippen molar-refractivity contribution in [3.63, 3.8) is 0 Å². The van der Waals surface area contributed by atoms with Gasteiger partial charge in [0.1, 0.15) is 0 Å². The van der Waals surface area contributed by atoms with E-state index in [-0.39, 0.29) is 18.3 Å². The van der Waals surface area contributed by atoms with Gasteiger partial charge in [-0.05, 0) is 38.0 Å². The highest BCUT2D eigenvalue weighted by molar-refractivity contribution is 7.99. The Kier molecular flexibility index (Phi) is 5.33. The smallest absolute Gasteiger partial charge is 0.316 e. The van der Waals surface area contributed by atoms with Crippen LogP contribution >= 0.6 is 11.8 Å². The van der Waals surface area contributed by atoms with E-state index in [1.807, 2.05) is 44.2 Å². The number of hydrogen-bond donors (Lipinski definition) is 0. The number of anilines is 1. The van der Waals surface area contributed by atoms with E-state index in [2.05, 4.69) is 9.97 Å². The lowest BCUT2D eigenvalue weighted by atomic mass is 10.2. The summed E-state index contributed by atoms with van der Waals surface area (Å²) in [6, 6.07) is 9.65. The Morgan fingerprint density at radius 3 is 2.68 bits per heavy atom. The molecule has 0 bridgehead atoms. The number of nitrogens with zero attached hydrogens (tertiary/aromatic N) is 3. The quantitative estimate of drug-likeness (QED) is 0.465. The third kappa shape index (κ3) is 4.36. The zero-order valence-electron chi connectivity index (χ0n) is 14.2. The maximum absolute atomic E-state index is 12.3. The fourth-order valence-corrected chi connectivity index (χ4v) is 3.49. The number of aryl methyl sites for hydroxylation is 2. The average Bonchev–Trinajstić information content (AvgIpc) is 3.01. The fourth-order valence-electron chi connectivity index (χ4n) is 2.74. The lowest BCUT2D eigenvalue weighted by molar-refractivity contribution is -0.145. The van der Waals surface area contributed by atoms with Crippen LogP contribution in [0.15, 0.2) is 35.5 Å². The first kappa shape index (κ1) is 17.4. The molecule has 2 heterocycles. The van der Waals surface area contributed by atoms with Crippen molar-refractivity contribution in [3.05, 3.63) is 47.3 Å². The van der Waals surface area contributed by atoms with Crippen LogP contribution in [0.1, 0.15) is 17.0 Å². The Morgan fingerprint density at radius 2 is 1.92 bits per heavy atom. The van der Waals surface area contributed by atoms with Crippen molar-refractivity contribution < 1.29 is 14.3 Å². The Labute approximate surface area is 150 Å². The summed E-state index contributed by atoms with van der Waals surface area (Å²) in [6.45, 7) is 4.13. The molecular weight excluding hydrogens is 338 g/mol. The number of hydrogen-bond acceptors (Lipinski definition) is 6. The van der Waals surface area contributed by atoms with Gasteiger partial charge in [-0.1, -0.05) is 30.0 Å². The minimum atomic E-state index is -0.450. The number of ether oxygens (including phenoxy) is 1. The maximum Gasteiger partial charge on any atom is 0.316 e. The summed E-state index contributed by atoms with van der Waals surface area (Å²) in [6.07, 6.45) is 0.829. The number of esters is 1. The van der Waals surface area contributed by atoms with E-state index in [0.717, 1.165) is 29.1 Å². The summed E-state index contributed by atoms with van der Waals surface area (Å²) < 4.78 is 5.11. The molecule has 6 nitrogen and oxygen atoms in total. The highest BCUT2D eigenvalue weighted by atomic mass is 32.2. The highest BCUT2D eigenvalue weighted by Crippen LogP contribution is 2.27. The first-order valence-electron chi connectivity index (χ1n) is 8.02. The highest BCUT2D eigenvalue weighted by Gasteiger charge is 2.24. The molecule has 0 aliphatic carbocycles. The molecule has 0 spiro atoms. The molecule has 1 aromatic carbocycles. The molecule has 1 aliphatic rings. The van der Waals surface area contributed by atoms with Gasteiger partial charge in [0.05, 0.1) is 5.75 Å². The Bertz CT molecular complexity index is 790. The number of carbonyl (C=O) groups is 2. The summed E-state index contributed by atoms with van der Waals surface area (Å²) in [5.74, 6) is -0.577. The van der Waals surface area contributed by atoms with Gasteiger partial charge in [-0.25, -0.2) is 9.97 Å². The zero-order valence-corrected chi connectivity index (χ0v) is 15.0. The SMILES string of the molecule is Cc1cc(C)nc(SCC(=O)OCC(=O)N2CCc3ccccc32)n1. The fraction of sp³-hybridized carbons (Fsp3) is 0.333. The largest absolute Gasteiger partial charge is 0.455 e. The van der Waals surface area contributed by atoms with E-state index in [0.29, 0.717) is 11.7 Å². The van der Waals surface area contributed by atoms with Gasteiger partial charge in [0.2, 0.25) is 0 Å². The van der Waals surface area contributed by atoms with Gasteiger partial charge in [-0.3, -0.25) is 9.59 Å². The Morgan fingerprint density at radius 1 is 1.20 bits per heavy atom. The molecule has 1 amide bonds. The van der Waals surface area contributed by atoms with Gasteiger partial charge in [0.15, 0.2) is 11.8 Å². The molecule has 2 aromatic rings. The molecule has 25 heavy (non-hydrogen) atoms. The first-order valence-corrected chi connectivity index (χ1v) is 9.00. The van der Waals surface area contributed by atoms with E-state index in [9.17, 15) is 9.59 Å². The van der Waals surface area contributed by atoms with E-state index < -0.39 is 5.97 Å². The minimum absolute atomic E-state index is 0.0762. The third-order valence-corrected chi connectivity index (χ3v) is 4.65. The second-order valence-corrected chi connectivity index (χ2v) is 6.75. The van der Waals surface area contributed by atoms with Gasteiger partial charge < -0.3 is 9.64 Å². The van der Waals surface area contributed by atoms with Crippen LogP contribution in [0, 0.1) is 13.8 Å². The van der Waals surface area contributed by atoms with Gasteiger partial charge in [0.25, 0.3) is 5.91 Å². The summed E-state index contributed by atoms with van der Waals surface area (Å²) >= 11 is 1.21. The van der Waals surface area contributed by atoms with Gasteiger partial charge >= 0.3 is 5.97 Å². The number of amides is 1. The van der Waals surface area contributed by atoms with Crippen LogP contribution < -0.4 is 4.90 Å². The predicted octanol–water partition coefficient (Wildman–Crippen LogP) is 2.32. The van der Waals surface area contributed by atoms with Crippen molar-refractivity contribution >= 4 is 29.3 Å². The molecule has 0 radical (unpaired) electrons. The lowest BCUT2D eigenvalue weighted by Crippen LogP contribution is -2.33. The van der Waals surface area contributed by atoms with Crippen LogP contribution in [0.4, 0.5) is 5.69 Å². The molecule has 0 saturated heterocycles. The monoisotopic (exact) mass is 357 g/mol. The van der Waals surface area contributed by atoms with Crippen LogP contribution in [-0.2, 0) is 20.7 Å². The van der Waals surface area contributed by atoms with Crippen LogP contribution in [-0.4, -0.2) is 40.7 Å². The zero-order chi connectivity index (χ0) is 17.8. The Hall–Kier alpha value is -2.41. The van der Waals surface area contributed by atoms with Gasteiger partial charge in [-0.15, -0.1) is 0 Å². The molecule has 7 heteroatoms. The first-order chi connectivity index (χ1) is 12.0. The van der Waals surface area contributed by atoms with Crippen molar-refractivity contribution in [3.8, 4) is 0 Å². The number of benzene rings is 1. The Balaban J connectivity index is 1.48. The number of fused-ring (bicyclic) bond motifs is 1. The van der Waals surface area contributed by atoms with Gasteiger partial charge in [-0.2, -0.15) is 0 Å². The van der Waals surface area contributed by atoms with Crippen molar-refractivity contribution in [2.75, 3.05) is 23.8 Å². The third-order valence-electron chi connectivity index (χ3n) is 3.83. The standard InChI is InChI=1S/C18H19N3O3S/c1-12-9-13(2)20-18(19-12)25-11-17(23)24-10-16(22)21-8-7-14-5-3-4-6-15(14)21/h3-6,9H,7-8,10-11H2,1-2H3. The van der Waals surface area contributed by atoms with E-state index in [1.165, 1.54) is 11.8 Å². The molecule has 0 atom stereocenters. The molecule has 0 saturated carbocycles. The molecule has 0 N–H and O–H groups in total. The summed E-state index contributed by atoms with van der Waals surface area (Å²) in [5.41, 5.74) is 3.75. The van der Waals surface area contributed by atoms with Crippen molar-refractivity contribution in [1.82, 2.24) is 9.97 Å². The number of para-hydroxylation sites is 1. The lowest BCUT2D eigenvalue weighted by Gasteiger charge is -2.17. The van der Waals surface area contributed by atoms with Crippen molar-refractivity contribution in [2.45, 2.75) is 25.4 Å². The number of thioether (sulfide) groups is 1. The second-order valence-electron chi connectivity index (χ2n) is 5.81. The summed E-state index contributed by atoms with van der Waals surface area (Å²) in [4.78, 5) is 34.4. The molecule has 3 rings (SSSR count). The number of aromatic nitrogens is 2.